The van der Waals surface area contributed by atoms with Crippen molar-refractivity contribution in [3.8, 4) is 0 Å². The highest BCUT2D eigenvalue weighted by Gasteiger charge is 2.37. The third kappa shape index (κ3) is 4.22. The predicted octanol–water partition coefficient (Wildman–Crippen LogP) is 1.93. The normalized spacial score (nSPS) is 23.0. The van der Waals surface area contributed by atoms with Gasteiger partial charge in [0.15, 0.2) is 0 Å². The third-order valence-electron chi connectivity index (χ3n) is 4.71. The minimum atomic E-state index is -0.187. The van der Waals surface area contributed by atoms with Crippen LogP contribution in [0.3, 0.4) is 0 Å². The van der Waals surface area contributed by atoms with Gasteiger partial charge in [0, 0.05) is 13.1 Å². The Morgan fingerprint density at radius 3 is 2.68 bits per heavy atom. The molecule has 1 heterocycles. The van der Waals surface area contributed by atoms with E-state index in [1.807, 2.05) is 6.07 Å². The second kappa shape index (κ2) is 7.95. The van der Waals surface area contributed by atoms with Crippen LogP contribution in [0.5, 0.6) is 0 Å². The first-order valence-corrected chi connectivity index (χ1v) is 7.90. The summed E-state index contributed by atoms with van der Waals surface area (Å²) in [6.07, 6.45) is 4.74. The summed E-state index contributed by atoms with van der Waals surface area (Å²) in [6.45, 7) is 2.71. The number of ether oxygens (including phenoxy) is 1. The first-order chi connectivity index (χ1) is 10.3. The summed E-state index contributed by atoms with van der Waals surface area (Å²) in [5, 5.41) is 6.34. The molecule has 3 rings (SSSR count). The Morgan fingerprint density at radius 1 is 1.32 bits per heavy atom. The van der Waals surface area contributed by atoms with E-state index in [4.69, 9.17) is 4.74 Å². The monoisotopic (exact) mass is 324 g/mol. The maximum absolute atomic E-state index is 12.2. The molecule has 5 heteroatoms. The summed E-state index contributed by atoms with van der Waals surface area (Å²) in [4.78, 5) is 12.2. The number of carbonyl (C=O) groups excluding carboxylic acids is 1. The molecular weight excluding hydrogens is 300 g/mol. The number of morpholine rings is 1. The first-order valence-electron chi connectivity index (χ1n) is 7.90. The van der Waals surface area contributed by atoms with Crippen molar-refractivity contribution in [2.24, 2.45) is 5.41 Å². The highest BCUT2D eigenvalue weighted by Crippen LogP contribution is 2.43. The van der Waals surface area contributed by atoms with E-state index in [0.29, 0.717) is 13.2 Å². The number of halogens is 1. The molecule has 4 nitrogen and oxygen atoms in total. The summed E-state index contributed by atoms with van der Waals surface area (Å²) >= 11 is 0. The number of benzene rings is 1. The lowest BCUT2D eigenvalue weighted by molar-refractivity contribution is -0.126. The summed E-state index contributed by atoms with van der Waals surface area (Å²) in [6, 6.07) is 10.4. The second-order valence-corrected chi connectivity index (χ2v) is 6.32. The smallest absolute Gasteiger partial charge is 0.239 e. The van der Waals surface area contributed by atoms with Gasteiger partial charge in [-0.3, -0.25) is 4.79 Å². The van der Waals surface area contributed by atoms with Crippen molar-refractivity contribution >= 4 is 18.3 Å². The number of hydrogen-bond donors (Lipinski definition) is 2. The minimum Gasteiger partial charge on any atom is -0.378 e. The molecule has 1 amide bonds. The summed E-state index contributed by atoms with van der Waals surface area (Å²) in [5.41, 5.74) is 1.62. The van der Waals surface area contributed by atoms with Crippen LogP contribution in [0.2, 0.25) is 0 Å². The molecule has 0 spiro atoms. The van der Waals surface area contributed by atoms with E-state index in [0.717, 1.165) is 19.5 Å². The predicted molar refractivity (Wildman–Crippen MR) is 89.3 cm³/mol. The van der Waals surface area contributed by atoms with Gasteiger partial charge in [-0.15, -0.1) is 12.4 Å². The molecule has 122 valence electrons. The molecule has 2 aliphatic rings. The van der Waals surface area contributed by atoms with Crippen LogP contribution >= 0.6 is 12.4 Å². The molecule has 1 aliphatic heterocycles. The highest BCUT2D eigenvalue weighted by molar-refractivity contribution is 5.85. The average Bonchev–Trinajstić information content (AvgIpc) is 2.51. The Kier molecular flexibility index (Phi) is 6.24. The molecule has 22 heavy (non-hydrogen) atoms. The van der Waals surface area contributed by atoms with Gasteiger partial charge in [-0.1, -0.05) is 36.8 Å². The second-order valence-electron chi connectivity index (χ2n) is 6.32. The van der Waals surface area contributed by atoms with Crippen LogP contribution in [-0.4, -0.2) is 38.3 Å². The van der Waals surface area contributed by atoms with E-state index < -0.39 is 0 Å². The van der Waals surface area contributed by atoms with Crippen LogP contribution in [0.15, 0.2) is 30.3 Å². The molecule has 1 unspecified atom stereocenters. The van der Waals surface area contributed by atoms with Crippen molar-refractivity contribution in [2.45, 2.75) is 31.7 Å². The van der Waals surface area contributed by atoms with Crippen LogP contribution < -0.4 is 10.6 Å². The van der Waals surface area contributed by atoms with Gasteiger partial charge in [-0.25, -0.2) is 0 Å². The largest absolute Gasteiger partial charge is 0.378 e. The SMILES string of the molecule is Cl.O=C(NCC1(Cc2ccccc2)CCC1)C1COCCN1. The van der Waals surface area contributed by atoms with E-state index in [1.54, 1.807) is 0 Å². The van der Waals surface area contributed by atoms with Gasteiger partial charge in [0.1, 0.15) is 6.04 Å². The van der Waals surface area contributed by atoms with Crippen LogP contribution in [0, 0.1) is 5.41 Å². The van der Waals surface area contributed by atoms with E-state index >= 15 is 0 Å². The van der Waals surface area contributed by atoms with Crippen molar-refractivity contribution in [2.75, 3.05) is 26.3 Å². The quantitative estimate of drug-likeness (QED) is 0.870. The molecule has 0 bridgehead atoms. The highest BCUT2D eigenvalue weighted by atomic mass is 35.5. The number of amides is 1. The van der Waals surface area contributed by atoms with Crippen molar-refractivity contribution < 1.29 is 9.53 Å². The lowest BCUT2D eigenvalue weighted by atomic mass is 9.65. The Morgan fingerprint density at radius 2 is 2.09 bits per heavy atom. The summed E-state index contributed by atoms with van der Waals surface area (Å²) in [5.74, 6) is 0.0778. The number of hydrogen-bond acceptors (Lipinski definition) is 3. The molecule has 2 N–H and O–H groups in total. The zero-order chi connectivity index (χ0) is 14.5. The van der Waals surface area contributed by atoms with Crippen molar-refractivity contribution in [1.29, 1.82) is 0 Å². The van der Waals surface area contributed by atoms with Crippen molar-refractivity contribution in [1.82, 2.24) is 10.6 Å². The Bertz CT molecular complexity index is 471. The Labute approximate surface area is 138 Å². The average molecular weight is 325 g/mol. The Balaban J connectivity index is 0.00000176. The molecule has 1 saturated heterocycles. The molecule has 0 radical (unpaired) electrons. The fraction of sp³-hybridized carbons (Fsp3) is 0.588. The van der Waals surface area contributed by atoms with E-state index in [2.05, 4.69) is 34.9 Å². The zero-order valence-corrected chi connectivity index (χ0v) is 13.7. The molecule has 1 aromatic rings. The lowest BCUT2D eigenvalue weighted by Gasteiger charge is -2.42. The summed E-state index contributed by atoms with van der Waals surface area (Å²) < 4.78 is 5.35. The van der Waals surface area contributed by atoms with Crippen LogP contribution in [-0.2, 0) is 16.0 Å². The van der Waals surface area contributed by atoms with Gasteiger partial charge in [0.2, 0.25) is 5.91 Å². The Hall–Kier alpha value is -1.10. The van der Waals surface area contributed by atoms with Gasteiger partial charge >= 0.3 is 0 Å². The van der Waals surface area contributed by atoms with E-state index in [-0.39, 0.29) is 29.8 Å². The molecule has 1 saturated carbocycles. The third-order valence-corrected chi connectivity index (χ3v) is 4.71. The van der Waals surface area contributed by atoms with Crippen LogP contribution in [0.25, 0.3) is 0 Å². The molecule has 0 aromatic heterocycles. The van der Waals surface area contributed by atoms with Crippen LogP contribution in [0.4, 0.5) is 0 Å². The maximum atomic E-state index is 12.2. The zero-order valence-electron chi connectivity index (χ0n) is 12.8. The number of carbonyl (C=O) groups is 1. The first kappa shape index (κ1) is 17.3. The standard InChI is InChI=1S/C17H24N2O2.ClH/c20-16(15-12-21-10-9-18-15)19-13-17(7-4-8-17)11-14-5-2-1-3-6-14;/h1-3,5-6,15,18H,4,7-13H2,(H,19,20);1H. The van der Waals surface area contributed by atoms with E-state index in [9.17, 15) is 4.79 Å². The number of rotatable bonds is 5. The van der Waals surface area contributed by atoms with Crippen LogP contribution in [0.1, 0.15) is 24.8 Å². The van der Waals surface area contributed by atoms with Gasteiger partial charge in [0.25, 0.3) is 0 Å². The van der Waals surface area contributed by atoms with Gasteiger partial charge in [0.05, 0.1) is 13.2 Å². The number of nitrogens with one attached hydrogen (secondary N) is 2. The van der Waals surface area contributed by atoms with Gasteiger partial charge in [-0.05, 0) is 30.2 Å². The van der Waals surface area contributed by atoms with Gasteiger partial charge in [-0.2, -0.15) is 0 Å². The lowest BCUT2D eigenvalue weighted by Crippen LogP contribution is -2.54. The van der Waals surface area contributed by atoms with Gasteiger partial charge < -0.3 is 15.4 Å². The van der Waals surface area contributed by atoms with Crippen molar-refractivity contribution in [3.63, 3.8) is 0 Å². The molecule has 1 aliphatic carbocycles. The maximum Gasteiger partial charge on any atom is 0.239 e. The van der Waals surface area contributed by atoms with E-state index in [1.165, 1.54) is 24.8 Å². The topological polar surface area (TPSA) is 50.4 Å². The van der Waals surface area contributed by atoms with Crippen molar-refractivity contribution in [3.05, 3.63) is 35.9 Å². The fourth-order valence-electron chi connectivity index (χ4n) is 3.25. The molecule has 2 fully saturated rings. The minimum absolute atomic E-state index is 0. The molecule has 1 atom stereocenters. The molecule has 1 aromatic carbocycles. The summed E-state index contributed by atoms with van der Waals surface area (Å²) in [7, 11) is 0. The fourth-order valence-corrected chi connectivity index (χ4v) is 3.25. The molecular formula is C17H25ClN2O2.